The van der Waals surface area contributed by atoms with Gasteiger partial charge in [-0.1, -0.05) is 85.3 Å². The molecular formula is C85H107N12O18S3+. The SMILES string of the molecule is CNC(=O)CN1CCN(CC(=O)O)CCN(C(=O)CCCCn2nnc3c2-c2ccccc2CN(C(=O)CCNC(=O)CCCCC[N+]2=C(/C=C/C4=C(Oc5ccc(C)cc5)C(=C/C=C5/N(CCCCS(=O)(=O)O)c6ccc(S(=O)(=O)O)cc6C5(C)C)/CCC4)C(C)(C)c4cc(S(=O)(=O)O)ccc42)c2ccccc2-3)CCN(CC(=O)O)CC1. The van der Waals surface area contributed by atoms with Crippen LogP contribution < -0.4 is 25.2 Å². The summed E-state index contributed by atoms with van der Waals surface area (Å²) in [5.41, 5.74) is 9.77. The Balaban J connectivity index is 0.749. The number of aromatic nitrogens is 3. The van der Waals surface area contributed by atoms with Gasteiger partial charge in [0.05, 0.1) is 58.5 Å². The summed E-state index contributed by atoms with van der Waals surface area (Å²) in [6, 6.07) is 31.9. The number of aryl methyl sites for hydroxylation is 2. The van der Waals surface area contributed by atoms with E-state index in [0.29, 0.717) is 142 Å². The Hall–Kier alpha value is -10.1. The van der Waals surface area contributed by atoms with E-state index in [0.717, 1.165) is 57.0 Å². The summed E-state index contributed by atoms with van der Waals surface area (Å²) in [7, 11) is -11.9. The minimum absolute atomic E-state index is 0.0112. The van der Waals surface area contributed by atoms with E-state index in [2.05, 4.69) is 20.4 Å². The summed E-state index contributed by atoms with van der Waals surface area (Å²) in [6.45, 7) is 13.1. The summed E-state index contributed by atoms with van der Waals surface area (Å²) in [4.78, 5) is 88.9. The molecule has 632 valence electrons. The molecule has 0 atom stereocenters. The number of nitrogens with one attached hydrogen (secondary N) is 2. The maximum absolute atomic E-state index is 14.6. The number of ether oxygens (including phenoxy) is 1. The van der Waals surface area contributed by atoms with Crippen LogP contribution in [0.4, 0.5) is 17.1 Å². The molecule has 118 heavy (non-hydrogen) atoms. The van der Waals surface area contributed by atoms with Gasteiger partial charge in [-0.3, -0.25) is 57.1 Å². The molecule has 1 saturated heterocycles. The number of anilines is 2. The molecule has 0 bridgehead atoms. The van der Waals surface area contributed by atoms with Crippen molar-refractivity contribution in [3.05, 3.63) is 178 Å². The number of carboxylic acids is 2. The number of hydrogen-bond donors (Lipinski definition) is 7. The number of allylic oxidation sites excluding steroid dienone is 7. The van der Waals surface area contributed by atoms with E-state index in [9.17, 15) is 77.9 Å². The molecular weight excluding hydrogens is 1570 g/mol. The highest BCUT2D eigenvalue weighted by Gasteiger charge is 2.46. The predicted octanol–water partition coefficient (Wildman–Crippen LogP) is 9.59. The molecule has 30 nitrogen and oxygen atoms in total. The van der Waals surface area contributed by atoms with E-state index >= 15 is 0 Å². The molecule has 1 aromatic heterocycles. The number of unbranched alkanes of at least 4 members (excludes halogenated alkanes) is 4. The highest BCUT2D eigenvalue weighted by Crippen LogP contribution is 2.50. The molecule has 6 aromatic rings. The molecule has 1 fully saturated rings. The van der Waals surface area contributed by atoms with Crippen molar-refractivity contribution < 1.29 is 87.2 Å². The lowest BCUT2D eigenvalue weighted by Crippen LogP contribution is -2.50. The molecule has 5 heterocycles. The number of aliphatic carboxylic acids is 2. The van der Waals surface area contributed by atoms with Crippen LogP contribution in [0.3, 0.4) is 0 Å². The van der Waals surface area contributed by atoms with Gasteiger partial charge in [0.25, 0.3) is 30.4 Å². The van der Waals surface area contributed by atoms with Crippen LogP contribution in [0.15, 0.2) is 166 Å². The smallest absolute Gasteiger partial charge is 0.317 e. The number of likely N-dealkylation sites (N-methyl/N-ethyl adjacent to an activating group) is 1. The van der Waals surface area contributed by atoms with Crippen molar-refractivity contribution in [2.75, 3.05) is 114 Å². The summed E-state index contributed by atoms with van der Waals surface area (Å²) < 4.78 is 115. The second kappa shape index (κ2) is 38.7. The van der Waals surface area contributed by atoms with E-state index < -0.39 is 58.9 Å². The Bertz CT molecular complexity index is 5260. The summed E-state index contributed by atoms with van der Waals surface area (Å²) in [5, 5.41) is 34.5. The molecule has 1 aliphatic carbocycles. The minimum atomic E-state index is -4.59. The van der Waals surface area contributed by atoms with Crippen LogP contribution in [0.2, 0.25) is 0 Å². The van der Waals surface area contributed by atoms with Gasteiger partial charge < -0.3 is 40.3 Å². The molecule has 33 heteroatoms. The second-order valence-electron chi connectivity index (χ2n) is 31.6. The van der Waals surface area contributed by atoms with Crippen molar-refractivity contribution in [1.29, 1.82) is 0 Å². The lowest BCUT2D eigenvalue weighted by atomic mass is 9.81. The van der Waals surface area contributed by atoms with Gasteiger partial charge in [-0.05, 0) is 162 Å². The van der Waals surface area contributed by atoms with E-state index in [1.807, 2.05) is 146 Å². The number of fused-ring (bicyclic) bond motifs is 7. The number of para-hydroxylation sites is 1. The number of benzene rings is 5. The van der Waals surface area contributed by atoms with Gasteiger partial charge >= 0.3 is 11.9 Å². The van der Waals surface area contributed by atoms with Crippen LogP contribution in [0.1, 0.15) is 133 Å². The standard InChI is InChI=1S/C85H106N12O18S3/c1-59-27-31-63(32-28-59)115-83-60(20-18-21-61(83)30-38-74-85(4,5)69-54-65(118(112,113)114)34-36-72(69)95(74)42-16-17-52-116(106,107)108)29-37-73-84(2,3)68-53-64(117(109,110)111)33-35-71(68)94(73)41-14-7-8-25-75(98)87-40-39-78(101)96-55-62-19-9-10-22-66(62)82-81(67-23-11-12-24-70(67)96)88-89-97(82)43-15-13-26-77(100)93-50-48-91(57-79(102)103)46-44-90(56-76(99)86-6)45-47-92(49-51-93)58-80(104)105/h9-12,19,22-24,27-38,53-54H,7-8,13-18,20-21,25-26,39-52,55-58H2,1-6H3,(H6-,86,87,98,99,102,103,104,105,106,107,108,109,110,111,112,113,114)/p+1. The third-order valence-electron chi connectivity index (χ3n) is 22.6. The topological polar surface area (TPSA) is 392 Å². The van der Waals surface area contributed by atoms with Gasteiger partial charge in [0, 0.05) is 150 Å². The van der Waals surface area contributed by atoms with Gasteiger partial charge in [-0.2, -0.15) is 29.8 Å². The Kier molecular flexibility index (Phi) is 29.1. The number of carbonyl (C=O) groups excluding carboxylic acids is 4. The predicted molar refractivity (Wildman–Crippen MR) is 447 cm³/mol. The zero-order chi connectivity index (χ0) is 84.9. The van der Waals surface area contributed by atoms with Crippen molar-refractivity contribution in [2.45, 2.75) is 152 Å². The monoisotopic (exact) mass is 1680 g/mol. The maximum atomic E-state index is 14.6. The molecule has 0 unspecified atom stereocenters. The van der Waals surface area contributed by atoms with Crippen molar-refractivity contribution in [2.24, 2.45) is 0 Å². The average Bonchev–Trinajstić information content (AvgIpc) is 1.58. The fourth-order valence-corrected chi connectivity index (χ4v) is 17.8. The van der Waals surface area contributed by atoms with E-state index in [4.69, 9.17) is 9.84 Å². The van der Waals surface area contributed by atoms with Crippen LogP contribution in [-0.2, 0) is 83.0 Å². The number of nitrogens with zero attached hydrogens (tertiary/aromatic N) is 10. The molecule has 0 saturated carbocycles. The van der Waals surface area contributed by atoms with Crippen LogP contribution in [0, 0.1) is 6.92 Å². The Labute approximate surface area is 689 Å². The van der Waals surface area contributed by atoms with Crippen molar-refractivity contribution >= 4 is 88.7 Å². The third-order valence-corrected chi connectivity index (χ3v) is 25.1. The van der Waals surface area contributed by atoms with E-state index in [-0.39, 0.29) is 118 Å². The molecule has 5 aromatic carbocycles. The van der Waals surface area contributed by atoms with Crippen molar-refractivity contribution in [3.8, 4) is 28.3 Å². The largest absolute Gasteiger partial charge is 0.480 e. The first-order chi connectivity index (χ1) is 56.1. The number of hydrogen-bond acceptors (Lipinski definition) is 19. The van der Waals surface area contributed by atoms with Crippen molar-refractivity contribution in [3.63, 3.8) is 0 Å². The number of rotatable bonds is 32. The molecule has 4 amide bonds. The molecule has 4 aliphatic heterocycles. The van der Waals surface area contributed by atoms with Gasteiger partial charge in [0.2, 0.25) is 29.3 Å². The summed E-state index contributed by atoms with van der Waals surface area (Å²) >= 11 is 0. The molecule has 7 N–H and O–H groups in total. The van der Waals surface area contributed by atoms with Crippen LogP contribution in [-0.4, -0.2) is 234 Å². The normalized spacial score (nSPS) is 17.6. The average molecular weight is 1680 g/mol. The maximum Gasteiger partial charge on any atom is 0.317 e. The van der Waals surface area contributed by atoms with E-state index in [1.54, 1.807) is 31.7 Å². The van der Waals surface area contributed by atoms with Gasteiger partial charge in [0.15, 0.2) is 5.71 Å². The van der Waals surface area contributed by atoms with Crippen LogP contribution in [0.25, 0.3) is 22.5 Å². The van der Waals surface area contributed by atoms with Crippen LogP contribution in [0.5, 0.6) is 5.75 Å². The molecule has 0 radical (unpaired) electrons. The Morgan fingerprint density at radius 2 is 1.22 bits per heavy atom. The third kappa shape index (κ3) is 22.4. The lowest BCUT2D eigenvalue weighted by Gasteiger charge is -2.33. The van der Waals surface area contributed by atoms with Crippen LogP contribution >= 0.6 is 0 Å². The highest BCUT2D eigenvalue weighted by atomic mass is 32.2. The van der Waals surface area contributed by atoms with Crippen molar-refractivity contribution in [1.82, 2.24) is 45.2 Å². The molecule has 0 spiro atoms. The zero-order valence-electron chi connectivity index (χ0n) is 67.7. The fourth-order valence-electron chi connectivity index (χ4n) is 16.2. The quantitative estimate of drug-likeness (QED) is 0.0117. The number of amides is 4. The highest BCUT2D eigenvalue weighted by molar-refractivity contribution is 7.86. The first kappa shape index (κ1) is 88.7. The van der Waals surface area contributed by atoms with Gasteiger partial charge in [-0.25, -0.2) is 4.68 Å². The zero-order valence-corrected chi connectivity index (χ0v) is 70.1. The fraction of sp³-hybridized carbons (Fsp3) is 0.447. The molecule has 11 rings (SSSR count). The number of carbonyl (C=O) groups is 6. The first-order valence-electron chi connectivity index (χ1n) is 40.0. The summed E-state index contributed by atoms with van der Waals surface area (Å²) in [6.07, 6.45) is 13.6. The Morgan fingerprint density at radius 1 is 0.602 bits per heavy atom. The van der Waals surface area contributed by atoms with Gasteiger partial charge in [0.1, 0.15) is 23.7 Å². The Morgan fingerprint density at radius 3 is 1.88 bits per heavy atom. The summed E-state index contributed by atoms with van der Waals surface area (Å²) in [5.74, 6) is -2.10. The lowest BCUT2D eigenvalue weighted by molar-refractivity contribution is -0.438. The first-order valence-corrected chi connectivity index (χ1v) is 44.5. The second-order valence-corrected chi connectivity index (χ2v) is 36.1. The van der Waals surface area contributed by atoms with Gasteiger partial charge in [-0.15, -0.1) is 5.10 Å². The molecule has 5 aliphatic rings. The van der Waals surface area contributed by atoms with E-state index in [1.165, 1.54) is 31.3 Å². The number of carboxylic acid groups (broad SMARTS) is 2. The minimum Gasteiger partial charge on any atom is -0.480 e.